The number of aromatic nitrogens is 3. The van der Waals surface area contributed by atoms with Crippen molar-refractivity contribution in [2.45, 2.75) is 32.2 Å². The normalized spacial score (nSPS) is 10.6. The molecule has 0 radical (unpaired) electrons. The highest BCUT2D eigenvalue weighted by atomic mass is 35.5. The van der Waals surface area contributed by atoms with Gasteiger partial charge in [0.15, 0.2) is 11.0 Å². The molecule has 0 aliphatic heterocycles. The third-order valence-corrected chi connectivity index (χ3v) is 7.48. The molecular formula is C24H25ClN4O6S2. The maximum Gasteiger partial charge on any atom is 0.348 e. The van der Waals surface area contributed by atoms with E-state index in [2.05, 4.69) is 22.1 Å². The summed E-state index contributed by atoms with van der Waals surface area (Å²) in [5, 5.41) is 12.4. The number of nitrogens with one attached hydrogen (secondary N) is 1. The van der Waals surface area contributed by atoms with Gasteiger partial charge in [0.2, 0.25) is 5.91 Å². The Morgan fingerprint density at radius 1 is 1.19 bits per heavy atom. The first kappa shape index (κ1) is 28.2. The molecule has 0 spiro atoms. The summed E-state index contributed by atoms with van der Waals surface area (Å²) >= 11 is 8.11. The minimum Gasteiger partial charge on any atom is -0.485 e. The molecule has 1 N–H and O–H groups in total. The molecule has 0 saturated heterocycles. The van der Waals surface area contributed by atoms with Crippen molar-refractivity contribution >= 4 is 57.5 Å². The van der Waals surface area contributed by atoms with Gasteiger partial charge in [-0.2, -0.15) is 0 Å². The number of benzene rings is 1. The van der Waals surface area contributed by atoms with E-state index < -0.39 is 17.8 Å². The summed E-state index contributed by atoms with van der Waals surface area (Å²) in [4.78, 5) is 37.3. The van der Waals surface area contributed by atoms with Crippen molar-refractivity contribution in [2.24, 2.45) is 0 Å². The first-order valence-electron chi connectivity index (χ1n) is 10.8. The summed E-state index contributed by atoms with van der Waals surface area (Å²) in [6, 6.07) is 5.33. The number of allylic oxidation sites excluding steroid dienone is 1. The summed E-state index contributed by atoms with van der Waals surface area (Å²) in [6.07, 6.45) is 1.69. The van der Waals surface area contributed by atoms with Crippen molar-refractivity contribution < 1.29 is 28.6 Å². The van der Waals surface area contributed by atoms with Gasteiger partial charge in [0.1, 0.15) is 22.2 Å². The van der Waals surface area contributed by atoms with E-state index in [1.165, 1.54) is 14.2 Å². The number of hydrogen-bond acceptors (Lipinski definition) is 10. The summed E-state index contributed by atoms with van der Waals surface area (Å²) in [5.74, 6) is -0.485. The Morgan fingerprint density at radius 2 is 1.92 bits per heavy atom. The van der Waals surface area contributed by atoms with Gasteiger partial charge in [0, 0.05) is 11.6 Å². The zero-order valence-corrected chi connectivity index (χ0v) is 23.0. The Hall–Kier alpha value is -3.35. The van der Waals surface area contributed by atoms with Crippen LogP contribution in [-0.2, 0) is 27.4 Å². The largest absolute Gasteiger partial charge is 0.485 e. The molecule has 0 bridgehead atoms. The lowest BCUT2D eigenvalue weighted by atomic mass is 10.1. The minimum atomic E-state index is -0.668. The van der Waals surface area contributed by atoms with Gasteiger partial charge in [-0.15, -0.1) is 28.1 Å². The summed E-state index contributed by atoms with van der Waals surface area (Å²) < 4.78 is 17.3. The molecule has 3 rings (SSSR count). The van der Waals surface area contributed by atoms with Crippen molar-refractivity contribution in [2.75, 3.05) is 25.3 Å². The van der Waals surface area contributed by atoms with Gasteiger partial charge in [-0.3, -0.25) is 9.36 Å². The average molecular weight is 565 g/mol. The number of aryl methyl sites for hydroxylation is 1. The number of carbonyl (C=O) groups excluding carboxylic acids is 3. The van der Waals surface area contributed by atoms with Gasteiger partial charge in [-0.25, -0.2) is 9.59 Å². The highest BCUT2D eigenvalue weighted by molar-refractivity contribution is 7.99. The predicted octanol–water partition coefficient (Wildman–Crippen LogP) is 4.68. The fourth-order valence-corrected chi connectivity index (χ4v) is 5.41. The van der Waals surface area contributed by atoms with E-state index in [1.54, 1.807) is 35.8 Å². The Kier molecular flexibility index (Phi) is 9.73. The fraction of sp³-hybridized carbons (Fsp3) is 0.292. The fourth-order valence-electron chi connectivity index (χ4n) is 3.29. The second-order valence-corrected chi connectivity index (χ2v) is 9.98. The molecule has 0 atom stereocenters. The van der Waals surface area contributed by atoms with Crippen LogP contribution in [0.25, 0.3) is 0 Å². The molecule has 2 heterocycles. The van der Waals surface area contributed by atoms with Crippen LogP contribution in [-0.4, -0.2) is 52.6 Å². The van der Waals surface area contributed by atoms with Crippen molar-refractivity contribution in [3.8, 4) is 5.75 Å². The number of rotatable bonds is 11. The smallest absolute Gasteiger partial charge is 0.348 e. The number of ether oxygens (including phenoxy) is 3. The number of anilines is 1. The molecule has 37 heavy (non-hydrogen) atoms. The summed E-state index contributed by atoms with van der Waals surface area (Å²) in [5.41, 5.74) is 1.37. The van der Waals surface area contributed by atoms with E-state index in [9.17, 15) is 14.4 Å². The van der Waals surface area contributed by atoms with Crippen LogP contribution in [0.3, 0.4) is 0 Å². The molecule has 0 aliphatic rings. The zero-order chi connectivity index (χ0) is 27.1. The Morgan fingerprint density at radius 3 is 2.57 bits per heavy atom. The lowest BCUT2D eigenvalue weighted by Crippen LogP contribution is -2.16. The minimum absolute atomic E-state index is 0.0302. The number of carbonyl (C=O) groups is 3. The predicted molar refractivity (Wildman–Crippen MR) is 142 cm³/mol. The van der Waals surface area contributed by atoms with Gasteiger partial charge in [0.25, 0.3) is 0 Å². The highest BCUT2D eigenvalue weighted by Crippen LogP contribution is 2.34. The van der Waals surface area contributed by atoms with E-state index in [4.69, 9.17) is 25.8 Å². The number of halogens is 1. The molecule has 1 amide bonds. The third kappa shape index (κ3) is 6.70. The van der Waals surface area contributed by atoms with Gasteiger partial charge in [-0.1, -0.05) is 29.4 Å². The molecule has 3 aromatic rings. The van der Waals surface area contributed by atoms with Crippen LogP contribution < -0.4 is 10.1 Å². The first-order valence-corrected chi connectivity index (χ1v) is 13.0. The van der Waals surface area contributed by atoms with E-state index in [0.717, 1.165) is 28.7 Å². The highest BCUT2D eigenvalue weighted by Gasteiger charge is 2.27. The summed E-state index contributed by atoms with van der Waals surface area (Å²) in [7, 11) is 2.46. The van der Waals surface area contributed by atoms with Crippen LogP contribution in [0, 0.1) is 13.8 Å². The maximum atomic E-state index is 12.8. The van der Waals surface area contributed by atoms with E-state index >= 15 is 0 Å². The average Bonchev–Trinajstić information content (AvgIpc) is 3.41. The van der Waals surface area contributed by atoms with Crippen LogP contribution in [0.1, 0.15) is 37.0 Å². The molecule has 1 aromatic carbocycles. The van der Waals surface area contributed by atoms with E-state index in [0.29, 0.717) is 33.9 Å². The molecule has 0 unspecified atom stereocenters. The van der Waals surface area contributed by atoms with Crippen molar-refractivity contribution in [3.63, 3.8) is 0 Å². The van der Waals surface area contributed by atoms with Gasteiger partial charge in [-0.05, 0) is 43.2 Å². The maximum absolute atomic E-state index is 12.8. The van der Waals surface area contributed by atoms with Crippen LogP contribution >= 0.6 is 34.7 Å². The monoisotopic (exact) mass is 564 g/mol. The van der Waals surface area contributed by atoms with Gasteiger partial charge >= 0.3 is 11.9 Å². The molecule has 10 nitrogen and oxygen atoms in total. The molecule has 0 aliphatic carbocycles. The molecule has 2 aromatic heterocycles. The molecular weight excluding hydrogens is 540 g/mol. The third-order valence-electron chi connectivity index (χ3n) is 5.09. The number of hydrogen-bond donors (Lipinski definition) is 1. The topological polar surface area (TPSA) is 122 Å². The number of esters is 2. The van der Waals surface area contributed by atoms with Gasteiger partial charge < -0.3 is 19.5 Å². The number of thiophene rings is 1. The Bertz CT molecular complexity index is 1340. The standard InChI is InChI=1S/C24H25ClN4O6S2/c1-6-9-29-17(11-35-16-8-7-15(25)10-13(16)2)27-28-24(29)36-12-18(30)26-21-19(22(31)33-4)14(3)20(37-21)23(32)34-5/h6-8,10H,1,9,11-12H2,2-5H3,(H,26,30). The van der Waals surface area contributed by atoms with Crippen molar-refractivity contribution in [1.29, 1.82) is 0 Å². The number of amides is 1. The molecule has 0 saturated carbocycles. The number of methoxy groups -OCH3 is 2. The number of thioether (sulfide) groups is 1. The Labute approximate surface area is 227 Å². The van der Waals surface area contributed by atoms with Crippen molar-refractivity contribution in [1.82, 2.24) is 14.8 Å². The SMILES string of the molecule is C=CCn1c(COc2ccc(Cl)cc2C)nnc1SCC(=O)Nc1sc(C(=O)OC)c(C)c1C(=O)OC. The molecule has 0 fully saturated rings. The first-order chi connectivity index (χ1) is 17.7. The van der Waals surface area contributed by atoms with Crippen LogP contribution in [0.4, 0.5) is 5.00 Å². The van der Waals surface area contributed by atoms with Crippen LogP contribution in [0.2, 0.25) is 5.02 Å². The van der Waals surface area contributed by atoms with Crippen LogP contribution in [0.15, 0.2) is 36.0 Å². The number of nitrogens with zero attached hydrogens (tertiary/aromatic N) is 3. The lowest BCUT2D eigenvalue weighted by Gasteiger charge is -2.11. The molecule has 196 valence electrons. The quantitative estimate of drug-likeness (QED) is 0.201. The lowest BCUT2D eigenvalue weighted by molar-refractivity contribution is -0.113. The second-order valence-electron chi connectivity index (χ2n) is 7.58. The van der Waals surface area contributed by atoms with Crippen molar-refractivity contribution in [3.05, 3.63) is 63.3 Å². The van der Waals surface area contributed by atoms with Crippen LogP contribution in [0.5, 0.6) is 5.75 Å². The summed E-state index contributed by atoms with van der Waals surface area (Å²) in [6.45, 7) is 7.83. The zero-order valence-electron chi connectivity index (χ0n) is 20.6. The van der Waals surface area contributed by atoms with Gasteiger partial charge in [0.05, 0.1) is 25.5 Å². The van der Waals surface area contributed by atoms with E-state index in [-0.39, 0.29) is 27.8 Å². The molecule has 13 heteroatoms. The second kappa shape index (κ2) is 12.7. The Balaban J connectivity index is 1.72. The van der Waals surface area contributed by atoms with E-state index in [1.807, 2.05) is 6.92 Å².